The number of carbonyl (C=O) groups is 1. The average Bonchev–Trinajstić information content (AvgIpc) is 3.43. The lowest BCUT2D eigenvalue weighted by molar-refractivity contribution is -0.384. The summed E-state index contributed by atoms with van der Waals surface area (Å²) < 4.78 is 5.99. The summed E-state index contributed by atoms with van der Waals surface area (Å²) in [6.45, 7) is 6.91. The molecule has 1 amide bonds. The highest BCUT2D eigenvalue weighted by molar-refractivity contribution is 7.16. The van der Waals surface area contributed by atoms with Crippen molar-refractivity contribution in [3.8, 4) is 11.3 Å². The zero-order valence-corrected chi connectivity index (χ0v) is 20.8. The van der Waals surface area contributed by atoms with Gasteiger partial charge >= 0.3 is 0 Å². The molecule has 0 bridgehead atoms. The average molecular weight is 500 g/mol. The zero-order chi connectivity index (χ0) is 24.2. The van der Waals surface area contributed by atoms with Crippen molar-refractivity contribution in [3.05, 3.63) is 67.2 Å². The van der Waals surface area contributed by atoms with E-state index in [9.17, 15) is 14.9 Å². The molecule has 2 aliphatic rings. The van der Waals surface area contributed by atoms with Crippen molar-refractivity contribution in [1.82, 2.24) is 5.32 Å². The van der Waals surface area contributed by atoms with Gasteiger partial charge in [-0.05, 0) is 54.4 Å². The van der Waals surface area contributed by atoms with Crippen molar-refractivity contribution in [3.63, 3.8) is 0 Å². The van der Waals surface area contributed by atoms with Crippen LogP contribution in [0.3, 0.4) is 0 Å². The molecule has 0 saturated heterocycles. The van der Waals surface area contributed by atoms with Crippen molar-refractivity contribution in [2.24, 2.45) is 11.3 Å². The molecule has 2 N–H and O–H groups in total. The molecule has 9 heteroatoms. The number of hydrogen-bond donors (Lipinski definition) is 2. The van der Waals surface area contributed by atoms with E-state index in [0.717, 1.165) is 36.2 Å². The summed E-state index contributed by atoms with van der Waals surface area (Å²) in [6, 6.07) is 7.68. The topological polar surface area (TPSA) is 97.4 Å². The van der Waals surface area contributed by atoms with Gasteiger partial charge in [0.2, 0.25) is 0 Å². The molecule has 1 aliphatic carbocycles. The van der Waals surface area contributed by atoms with Gasteiger partial charge in [-0.15, -0.1) is 11.3 Å². The van der Waals surface area contributed by atoms with Crippen LogP contribution in [0.1, 0.15) is 66.3 Å². The quantitative estimate of drug-likeness (QED) is 0.292. The van der Waals surface area contributed by atoms with Gasteiger partial charge in [-0.1, -0.05) is 38.8 Å². The van der Waals surface area contributed by atoms with Crippen molar-refractivity contribution in [1.29, 1.82) is 0 Å². The van der Waals surface area contributed by atoms with Gasteiger partial charge in [0.15, 0.2) is 6.17 Å². The monoisotopic (exact) mass is 499 g/mol. The molecular weight excluding hydrogens is 474 g/mol. The number of nitrogens with zero attached hydrogens (tertiary/aromatic N) is 1. The molecule has 0 spiro atoms. The minimum atomic E-state index is -0.533. The number of furan rings is 1. The molecule has 0 unspecified atom stereocenters. The molecule has 2 atom stereocenters. The Balaban J connectivity index is 1.41. The molecule has 7 nitrogen and oxygen atoms in total. The third kappa shape index (κ3) is 3.88. The molecule has 1 aromatic carbocycles. The number of nitrogens with one attached hydrogen (secondary N) is 2. The van der Waals surface area contributed by atoms with E-state index >= 15 is 0 Å². The number of benzene rings is 1. The molecule has 178 valence electrons. The Morgan fingerprint density at radius 2 is 2.06 bits per heavy atom. The Morgan fingerprint density at radius 3 is 2.79 bits per heavy atom. The largest absolute Gasteiger partial charge is 0.457 e. The van der Waals surface area contributed by atoms with Crippen LogP contribution in [-0.2, 0) is 12.8 Å². The Labute approximate surface area is 206 Å². The predicted octanol–water partition coefficient (Wildman–Crippen LogP) is 6.96. The standard InChI is InChI=1S/C25H26ClN3O4S/c1-4-25(2,3)13-5-7-15-20(11-13)34-24-21(15)23(30)27-22(28-24)19-10-9-18(33-19)16-12-14(29(31)32)6-8-17(16)26/h6,8-10,12-13,22,28H,4-5,7,11H2,1-3H3,(H,27,30)/t13-,22+/m0/s1. The maximum Gasteiger partial charge on any atom is 0.270 e. The zero-order valence-electron chi connectivity index (χ0n) is 19.2. The van der Waals surface area contributed by atoms with E-state index < -0.39 is 11.1 Å². The minimum absolute atomic E-state index is 0.0696. The maximum absolute atomic E-state index is 13.1. The van der Waals surface area contributed by atoms with E-state index in [-0.39, 0.29) is 17.0 Å². The third-order valence-corrected chi connectivity index (χ3v) is 8.91. The molecular formula is C25H26ClN3O4S. The number of thiophene rings is 1. The molecule has 0 saturated carbocycles. The van der Waals surface area contributed by atoms with Gasteiger partial charge in [0.25, 0.3) is 11.6 Å². The van der Waals surface area contributed by atoms with Gasteiger partial charge in [-0.2, -0.15) is 0 Å². The van der Waals surface area contributed by atoms with E-state index in [1.165, 1.54) is 28.6 Å². The van der Waals surface area contributed by atoms with E-state index in [4.69, 9.17) is 16.0 Å². The lowest BCUT2D eigenvalue weighted by Crippen LogP contribution is -2.38. The Bertz CT molecular complexity index is 1300. The lowest BCUT2D eigenvalue weighted by Gasteiger charge is -2.36. The molecule has 0 radical (unpaired) electrons. The summed E-state index contributed by atoms with van der Waals surface area (Å²) in [5, 5.41) is 18.8. The fraction of sp³-hybridized carbons (Fsp3) is 0.400. The SMILES string of the molecule is CCC(C)(C)[C@H]1CCc2c(sc3c2C(=O)N[C@@H](c2ccc(-c4cc([N+](=O)[O-])ccc4Cl)o2)N3)C1. The molecule has 1 aliphatic heterocycles. The van der Waals surface area contributed by atoms with Gasteiger partial charge in [0, 0.05) is 22.6 Å². The van der Waals surface area contributed by atoms with Crippen molar-refractivity contribution in [2.45, 2.75) is 52.6 Å². The molecule has 3 heterocycles. The Morgan fingerprint density at radius 1 is 1.26 bits per heavy atom. The second kappa shape index (κ2) is 8.43. The first kappa shape index (κ1) is 22.9. The smallest absolute Gasteiger partial charge is 0.270 e. The number of amides is 1. The highest BCUT2D eigenvalue weighted by atomic mass is 35.5. The first-order valence-corrected chi connectivity index (χ1v) is 12.6. The normalized spacial score (nSPS) is 19.7. The molecule has 34 heavy (non-hydrogen) atoms. The molecule has 3 aromatic rings. The second-order valence-electron chi connectivity index (χ2n) is 9.66. The van der Waals surface area contributed by atoms with E-state index in [1.807, 2.05) is 0 Å². The highest BCUT2D eigenvalue weighted by Gasteiger charge is 2.38. The number of rotatable bonds is 5. The van der Waals surface area contributed by atoms with Crippen LogP contribution in [0.4, 0.5) is 10.7 Å². The number of halogens is 1. The van der Waals surface area contributed by atoms with Crippen molar-refractivity contribution < 1.29 is 14.1 Å². The van der Waals surface area contributed by atoms with Crippen molar-refractivity contribution in [2.75, 3.05) is 5.32 Å². The number of nitro groups is 1. The van der Waals surface area contributed by atoms with Gasteiger partial charge in [0.05, 0.1) is 15.5 Å². The fourth-order valence-corrected chi connectivity index (χ4v) is 6.43. The maximum atomic E-state index is 13.1. The van der Waals surface area contributed by atoms with Gasteiger partial charge in [0.1, 0.15) is 16.5 Å². The van der Waals surface area contributed by atoms with Crippen LogP contribution in [0.25, 0.3) is 11.3 Å². The van der Waals surface area contributed by atoms with Crippen LogP contribution in [0.15, 0.2) is 34.7 Å². The Kier molecular flexibility index (Phi) is 5.68. The summed E-state index contributed by atoms with van der Waals surface area (Å²) >= 11 is 7.94. The van der Waals surface area contributed by atoms with Gasteiger partial charge in [-0.3, -0.25) is 14.9 Å². The summed E-state index contributed by atoms with van der Waals surface area (Å²) in [4.78, 5) is 25.1. The van der Waals surface area contributed by atoms with Crippen LogP contribution in [0, 0.1) is 21.4 Å². The Hall–Kier alpha value is -2.84. The van der Waals surface area contributed by atoms with Crippen LogP contribution in [0.5, 0.6) is 0 Å². The third-order valence-electron chi connectivity index (χ3n) is 7.40. The number of nitro benzene ring substituents is 1. The number of hydrogen-bond acceptors (Lipinski definition) is 6. The highest BCUT2D eigenvalue weighted by Crippen LogP contribution is 2.47. The van der Waals surface area contributed by atoms with Crippen LogP contribution in [0.2, 0.25) is 5.02 Å². The number of fused-ring (bicyclic) bond motifs is 3. The number of anilines is 1. The summed E-state index contributed by atoms with van der Waals surface area (Å²) in [7, 11) is 0. The molecule has 0 fully saturated rings. The van der Waals surface area contributed by atoms with E-state index in [0.29, 0.717) is 28.0 Å². The predicted molar refractivity (Wildman–Crippen MR) is 134 cm³/mol. The second-order valence-corrected chi connectivity index (χ2v) is 11.2. The van der Waals surface area contributed by atoms with E-state index in [2.05, 4.69) is 31.4 Å². The van der Waals surface area contributed by atoms with Gasteiger partial charge < -0.3 is 15.1 Å². The molecule has 5 rings (SSSR count). The number of non-ortho nitro benzene ring substituents is 1. The van der Waals surface area contributed by atoms with Crippen LogP contribution in [-0.4, -0.2) is 10.8 Å². The molecule has 2 aromatic heterocycles. The first-order valence-electron chi connectivity index (χ1n) is 11.4. The summed E-state index contributed by atoms with van der Waals surface area (Å²) in [6.07, 6.45) is 3.62. The summed E-state index contributed by atoms with van der Waals surface area (Å²) in [5.74, 6) is 1.42. The fourth-order valence-electron chi connectivity index (χ4n) is 4.86. The van der Waals surface area contributed by atoms with Crippen LogP contribution < -0.4 is 10.6 Å². The van der Waals surface area contributed by atoms with E-state index in [1.54, 1.807) is 23.5 Å². The minimum Gasteiger partial charge on any atom is -0.457 e. The summed E-state index contributed by atoms with van der Waals surface area (Å²) in [5.41, 5.74) is 2.58. The van der Waals surface area contributed by atoms with Crippen LogP contribution >= 0.6 is 22.9 Å². The van der Waals surface area contributed by atoms with Crippen molar-refractivity contribution >= 4 is 39.5 Å². The lowest BCUT2D eigenvalue weighted by atomic mass is 9.69. The first-order chi connectivity index (χ1) is 16.2. The van der Waals surface area contributed by atoms with Gasteiger partial charge in [-0.25, -0.2) is 0 Å². The number of carbonyl (C=O) groups excluding carboxylic acids is 1.